The number of aromatic hydroxyl groups is 1. The standard InChI is InChI=1S/C31H38N6O12/c1-16(2)27(31(47)35-24(15-26(42)43)29(45)33-19-6-8-20(9-7-19)37(48)49)36-28(44)22(12-13-25(40)41)34-30(46)23(32-17(3)38)14-18-4-10-21(39)11-5-18/h4-11,16,22-24,27,39H,12-15H2,1-3H3,(H,32,38)(H,33,45)(H,34,46)(H,35,47)(H,36,44)(H,40,41)(H,42,43)/t22-,23-,24-,27-/m0/s1. The van der Waals surface area contributed by atoms with Gasteiger partial charge in [-0.15, -0.1) is 0 Å². The highest BCUT2D eigenvalue weighted by Gasteiger charge is 2.33. The number of phenols is 1. The fourth-order valence-corrected chi connectivity index (χ4v) is 4.46. The van der Waals surface area contributed by atoms with Crippen LogP contribution in [-0.4, -0.2) is 85.9 Å². The molecule has 0 radical (unpaired) electrons. The Morgan fingerprint density at radius 3 is 1.82 bits per heavy atom. The number of nitrogens with zero attached hydrogens (tertiary/aromatic N) is 1. The Kier molecular flexibility index (Phi) is 14.6. The van der Waals surface area contributed by atoms with Crippen LogP contribution < -0.4 is 26.6 Å². The van der Waals surface area contributed by atoms with Gasteiger partial charge in [0.1, 0.15) is 29.9 Å². The van der Waals surface area contributed by atoms with Crippen molar-refractivity contribution in [3.05, 3.63) is 64.2 Å². The SMILES string of the molecule is CC(=O)N[C@@H](Cc1ccc(O)cc1)C(=O)N[C@@H](CCC(=O)O)C(=O)N[C@H](C(=O)N[C@@H](CC(=O)O)C(=O)Nc1ccc([N+](=O)[O-])cc1)C(C)C. The van der Waals surface area contributed by atoms with E-state index in [1.165, 1.54) is 57.2 Å². The van der Waals surface area contributed by atoms with Gasteiger partial charge in [-0.3, -0.25) is 43.7 Å². The van der Waals surface area contributed by atoms with Gasteiger partial charge >= 0.3 is 11.9 Å². The number of aliphatic carboxylic acids is 2. The number of nitro groups is 1. The lowest BCUT2D eigenvalue weighted by Gasteiger charge is -2.27. The molecule has 2 rings (SSSR count). The van der Waals surface area contributed by atoms with E-state index in [1.54, 1.807) is 0 Å². The summed E-state index contributed by atoms with van der Waals surface area (Å²) in [5, 5.41) is 51.0. The molecule has 4 atom stereocenters. The lowest BCUT2D eigenvalue weighted by atomic mass is 10.0. The summed E-state index contributed by atoms with van der Waals surface area (Å²) in [7, 11) is 0. The summed E-state index contributed by atoms with van der Waals surface area (Å²) in [6, 6.07) is 4.64. The van der Waals surface area contributed by atoms with E-state index >= 15 is 0 Å². The van der Waals surface area contributed by atoms with E-state index in [-0.39, 0.29) is 23.5 Å². The Hall–Kier alpha value is -6.07. The minimum absolute atomic E-state index is 0.0298. The van der Waals surface area contributed by atoms with Gasteiger partial charge in [-0.1, -0.05) is 26.0 Å². The number of carboxylic acid groups (broad SMARTS) is 2. The first-order valence-corrected chi connectivity index (χ1v) is 14.9. The molecule has 18 nitrogen and oxygen atoms in total. The molecule has 0 heterocycles. The van der Waals surface area contributed by atoms with Crippen molar-refractivity contribution in [2.24, 2.45) is 5.92 Å². The Labute approximate surface area is 279 Å². The predicted octanol–water partition coefficient (Wildman–Crippen LogP) is 0.436. The van der Waals surface area contributed by atoms with Gasteiger partial charge in [0.25, 0.3) is 5.69 Å². The van der Waals surface area contributed by atoms with Crippen molar-refractivity contribution in [3.8, 4) is 5.75 Å². The lowest BCUT2D eigenvalue weighted by Crippen LogP contribution is -2.59. The fraction of sp³-hybridized carbons (Fsp3) is 0.387. The molecule has 0 unspecified atom stereocenters. The highest BCUT2D eigenvalue weighted by atomic mass is 16.6. The number of carbonyl (C=O) groups is 7. The number of hydrogen-bond acceptors (Lipinski definition) is 10. The normalized spacial score (nSPS) is 13.1. The smallest absolute Gasteiger partial charge is 0.305 e. The average Bonchev–Trinajstić information content (AvgIpc) is 3.01. The van der Waals surface area contributed by atoms with Crippen molar-refractivity contribution in [1.82, 2.24) is 21.3 Å². The van der Waals surface area contributed by atoms with Gasteiger partial charge in [0.05, 0.1) is 11.3 Å². The van der Waals surface area contributed by atoms with Crippen LogP contribution in [0.1, 0.15) is 45.6 Å². The van der Waals surface area contributed by atoms with Crippen LogP contribution in [0, 0.1) is 16.0 Å². The number of amides is 5. The number of hydrogen-bond donors (Lipinski definition) is 8. The number of carboxylic acids is 2. The predicted molar refractivity (Wildman–Crippen MR) is 171 cm³/mol. The van der Waals surface area contributed by atoms with E-state index in [0.29, 0.717) is 5.56 Å². The van der Waals surface area contributed by atoms with E-state index in [1.807, 2.05) is 0 Å². The minimum Gasteiger partial charge on any atom is -0.508 e. The third-order valence-corrected chi connectivity index (χ3v) is 6.95. The monoisotopic (exact) mass is 686 g/mol. The second-order valence-corrected chi connectivity index (χ2v) is 11.3. The third kappa shape index (κ3) is 13.3. The van der Waals surface area contributed by atoms with Gasteiger partial charge < -0.3 is 41.9 Å². The van der Waals surface area contributed by atoms with Gasteiger partial charge in [-0.25, -0.2) is 0 Å². The zero-order chi connectivity index (χ0) is 36.8. The Morgan fingerprint density at radius 2 is 1.31 bits per heavy atom. The second kappa shape index (κ2) is 18.3. The number of nitro benzene ring substituents is 1. The molecule has 0 saturated heterocycles. The molecule has 0 bridgehead atoms. The molecule has 0 saturated carbocycles. The molecule has 2 aromatic carbocycles. The van der Waals surface area contributed by atoms with Crippen LogP contribution in [-0.2, 0) is 40.0 Å². The number of non-ortho nitro benzene ring substituents is 1. The highest BCUT2D eigenvalue weighted by molar-refractivity contribution is 6.00. The molecular weight excluding hydrogens is 648 g/mol. The Morgan fingerprint density at radius 1 is 0.735 bits per heavy atom. The first kappa shape index (κ1) is 39.1. The first-order chi connectivity index (χ1) is 23.0. The number of rotatable bonds is 18. The van der Waals surface area contributed by atoms with Crippen molar-refractivity contribution in [1.29, 1.82) is 0 Å². The Balaban J connectivity index is 2.24. The minimum atomic E-state index is -1.65. The van der Waals surface area contributed by atoms with Gasteiger partial charge in [0.2, 0.25) is 29.5 Å². The molecule has 0 aliphatic carbocycles. The summed E-state index contributed by atoms with van der Waals surface area (Å²) in [5.41, 5.74) is 0.363. The molecule has 49 heavy (non-hydrogen) atoms. The van der Waals surface area contributed by atoms with E-state index < -0.39 is 95.7 Å². The first-order valence-electron chi connectivity index (χ1n) is 14.9. The topological polar surface area (TPSA) is 283 Å². The average molecular weight is 687 g/mol. The van der Waals surface area contributed by atoms with E-state index in [4.69, 9.17) is 0 Å². The summed E-state index contributed by atoms with van der Waals surface area (Å²) >= 11 is 0. The van der Waals surface area contributed by atoms with Crippen LogP contribution in [0.2, 0.25) is 0 Å². The molecule has 0 aliphatic rings. The van der Waals surface area contributed by atoms with E-state index in [9.17, 15) is 59.0 Å². The molecule has 5 amide bonds. The number of phenolic OH excluding ortho intramolecular Hbond substituents is 1. The summed E-state index contributed by atoms with van der Waals surface area (Å²) in [6.07, 6.45) is -1.90. The summed E-state index contributed by atoms with van der Waals surface area (Å²) in [5.74, 6) is -7.76. The second-order valence-electron chi connectivity index (χ2n) is 11.3. The molecule has 18 heteroatoms. The quantitative estimate of drug-likeness (QED) is 0.0783. The lowest BCUT2D eigenvalue weighted by molar-refractivity contribution is -0.384. The maximum absolute atomic E-state index is 13.4. The van der Waals surface area contributed by atoms with Crippen molar-refractivity contribution < 1.29 is 53.8 Å². The molecule has 0 aliphatic heterocycles. The van der Waals surface area contributed by atoms with Crippen molar-refractivity contribution in [2.45, 2.75) is 70.6 Å². The van der Waals surface area contributed by atoms with Crippen molar-refractivity contribution in [2.75, 3.05) is 5.32 Å². The highest BCUT2D eigenvalue weighted by Crippen LogP contribution is 2.16. The molecule has 264 valence electrons. The molecule has 0 aromatic heterocycles. The number of nitrogens with one attached hydrogen (secondary N) is 5. The Bertz CT molecular complexity index is 1550. The molecule has 0 fully saturated rings. The molecule has 2 aromatic rings. The van der Waals surface area contributed by atoms with Gasteiger partial charge in [0, 0.05) is 37.6 Å². The number of anilines is 1. The molecular formula is C31H38N6O12. The van der Waals surface area contributed by atoms with Gasteiger partial charge in [0.15, 0.2) is 0 Å². The molecule has 8 N–H and O–H groups in total. The zero-order valence-electron chi connectivity index (χ0n) is 26.8. The van der Waals surface area contributed by atoms with Gasteiger partial charge in [-0.2, -0.15) is 0 Å². The zero-order valence-corrected chi connectivity index (χ0v) is 26.8. The maximum Gasteiger partial charge on any atom is 0.305 e. The number of carbonyl (C=O) groups excluding carboxylic acids is 5. The third-order valence-electron chi connectivity index (χ3n) is 6.95. The van der Waals surface area contributed by atoms with Crippen LogP contribution in [0.5, 0.6) is 5.75 Å². The van der Waals surface area contributed by atoms with Crippen LogP contribution in [0.25, 0.3) is 0 Å². The summed E-state index contributed by atoms with van der Waals surface area (Å²) in [6.45, 7) is 4.23. The van der Waals surface area contributed by atoms with E-state index in [0.717, 1.165) is 12.1 Å². The fourth-order valence-electron chi connectivity index (χ4n) is 4.46. The maximum atomic E-state index is 13.4. The van der Waals surface area contributed by atoms with Crippen molar-refractivity contribution >= 4 is 52.8 Å². The summed E-state index contributed by atoms with van der Waals surface area (Å²) < 4.78 is 0. The van der Waals surface area contributed by atoms with Gasteiger partial charge in [-0.05, 0) is 42.2 Å². The van der Waals surface area contributed by atoms with Crippen LogP contribution in [0.3, 0.4) is 0 Å². The molecule has 0 spiro atoms. The largest absolute Gasteiger partial charge is 0.508 e. The summed E-state index contributed by atoms with van der Waals surface area (Å²) in [4.78, 5) is 97.9. The van der Waals surface area contributed by atoms with E-state index in [2.05, 4.69) is 26.6 Å². The van der Waals surface area contributed by atoms with Crippen LogP contribution >= 0.6 is 0 Å². The van der Waals surface area contributed by atoms with Crippen LogP contribution in [0.4, 0.5) is 11.4 Å². The van der Waals surface area contributed by atoms with Crippen molar-refractivity contribution in [3.63, 3.8) is 0 Å². The number of benzene rings is 2. The van der Waals surface area contributed by atoms with Crippen LogP contribution in [0.15, 0.2) is 48.5 Å².